The Kier molecular flexibility index (Phi) is 4.57. The van der Waals surface area contributed by atoms with Gasteiger partial charge in [-0.1, -0.05) is 23.4 Å². The van der Waals surface area contributed by atoms with Gasteiger partial charge in [-0.2, -0.15) is 0 Å². The van der Waals surface area contributed by atoms with Gasteiger partial charge in [0.2, 0.25) is 0 Å². The number of nitrogens with one attached hydrogen (secondary N) is 1. The van der Waals surface area contributed by atoms with Crippen LogP contribution in [0.2, 0.25) is 0 Å². The van der Waals surface area contributed by atoms with Gasteiger partial charge in [0.25, 0.3) is 0 Å². The van der Waals surface area contributed by atoms with E-state index in [0.717, 1.165) is 27.7 Å². The molecule has 0 fully saturated rings. The predicted molar refractivity (Wildman–Crippen MR) is 89.7 cm³/mol. The van der Waals surface area contributed by atoms with E-state index in [1.165, 1.54) is 0 Å². The molecule has 6 heteroatoms. The van der Waals surface area contributed by atoms with Crippen LogP contribution in [0.15, 0.2) is 41.1 Å². The number of carboxylic acids is 1. The predicted octanol–water partition coefficient (Wildman–Crippen LogP) is 2.63. The Hall–Kier alpha value is -2.73. The van der Waals surface area contributed by atoms with Crippen molar-refractivity contribution < 1.29 is 14.4 Å². The lowest BCUT2D eigenvalue weighted by Gasteiger charge is -2.14. The van der Waals surface area contributed by atoms with Crippen molar-refractivity contribution in [2.75, 3.05) is 0 Å². The van der Waals surface area contributed by atoms with Gasteiger partial charge < -0.3 is 9.63 Å². The number of pyridine rings is 1. The molecular weight excluding hydrogens is 306 g/mol. The van der Waals surface area contributed by atoms with E-state index in [1.54, 1.807) is 6.20 Å². The molecule has 0 bridgehead atoms. The van der Waals surface area contributed by atoms with Crippen LogP contribution < -0.4 is 5.32 Å². The van der Waals surface area contributed by atoms with E-state index in [-0.39, 0.29) is 0 Å². The Balaban J connectivity index is 1.74. The maximum Gasteiger partial charge on any atom is 0.321 e. The number of hydrogen-bond donors (Lipinski definition) is 2. The van der Waals surface area contributed by atoms with Crippen LogP contribution in [0, 0.1) is 13.8 Å². The number of para-hydroxylation sites is 1. The van der Waals surface area contributed by atoms with Crippen molar-refractivity contribution in [1.82, 2.24) is 15.5 Å². The molecule has 6 nitrogen and oxygen atoms in total. The van der Waals surface area contributed by atoms with Gasteiger partial charge in [0.1, 0.15) is 11.8 Å². The normalized spacial score (nSPS) is 12.4. The number of aromatic nitrogens is 2. The molecule has 1 unspecified atom stereocenters. The van der Waals surface area contributed by atoms with Crippen molar-refractivity contribution >= 4 is 16.9 Å². The Bertz CT molecular complexity index is 853. The van der Waals surface area contributed by atoms with Crippen molar-refractivity contribution in [1.29, 1.82) is 0 Å². The molecule has 24 heavy (non-hydrogen) atoms. The highest BCUT2D eigenvalue weighted by Crippen LogP contribution is 2.15. The molecular formula is C18H19N3O3. The molecule has 0 aliphatic carbocycles. The van der Waals surface area contributed by atoms with Crippen LogP contribution in [0.4, 0.5) is 0 Å². The van der Waals surface area contributed by atoms with Crippen LogP contribution in [-0.4, -0.2) is 27.3 Å². The summed E-state index contributed by atoms with van der Waals surface area (Å²) >= 11 is 0. The maximum absolute atomic E-state index is 11.6. The molecule has 3 rings (SSSR count). The van der Waals surface area contributed by atoms with Gasteiger partial charge in [-0.15, -0.1) is 0 Å². The molecule has 2 aromatic heterocycles. The molecule has 0 aliphatic rings. The summed E-state index contributed by atoms with van der Waals surface area (Å²) < 4.78 is 5.11. The molecule has 0 spiro atoms. The molecule has 0 radical (unpaired) electrons. The molecule has 124 valence electrons. The molecule has 1 atom stereocenters. The van der Waals surface area contributed by atoms with Crippen LogP contribution in [0.3, 0.4) is 0 Å². The fourth-order valence-electron chi connectivity index (χ4n) is 2.69. The monoisotopic (exact) mass is 325 g/mol. The number of rotatable bonds is 6. The van der Waals surface area contributed by atoms with Crippen molar-refractivity contribution in [3.8, 4) is 0 Å². The Morgan fingerprint density at radius 2 is 2.12 bits per heavy atom. The van der Waals surface area contributed by atoms with Crippen molar-refractivity contribution in [3.05, 3.63) is 59.1 Å². The number of aryl methyl sites for hydroxylation is 2. The third kappa shape index (κ3) is 3.44. The van der Waals surface area contributed by atoms with Crippen LogP contribution >= 0.6 is 0 Å². The van der Waals surface area contributed by atoms with Gasteiger partial charge in [0.15, 0.2) is 0 Å². The third-order valence-electron chi connectivity index (χ3n) is 4.09. The molecule has 0 saturated carbocycles. The summed E-state index contributed by atoms with van der Waals surface area (Å²) in [6.07, 6.45) is 2.09. The van der Waals surface area contributed by atoms with Gasteiger partial charge in [-0.25, -0.2) is 0 Å². The van der Waals surface area contributed by atoms with E-state index in [0.29, 0.717) is 18.7 Å². The van der Waals surface area contributed by atoms with E-state index < -0.39 is 12.0 Å². The van der Waals surface area contributed by atoms with Crippen molar-refractivity contribution in [2.45, 2.75) is 32.9 Å². The van der Waals surface area contributed by atoms with E-state index in [1.807, 2.05) is 44.2 Å². The molecule has 3 aromatic rings. The standard InChI is InChI=1S/C18H19N3O3/c1-11-15(12(2)24-21-11)10-20-17(18(22)23)8-13-7-14-5-3-4-6-16(14)19-9-13/h3-7,9,17,20H,8,10H2,1-2H3,(H,22,23). The first-order valence-electron chi connectivity index (χ1n) is 7.76. The lowest BCUT2D eigenvalue weighted by atomic mass is 10.0. The molecule has 0 aliphatic heterocycles. The number of fused-ring (bicyclic) bond motifs is 1. The SMILES string of the molecule is Cc1noc(C)c1CNC(Cc1cnc2ccccc2c1)C(=O)O. The van der Waals surface area contributed by atoms with Crippen LogP contribution in [0.5, 0.6) is 0 Å². The Morgan fingerprint density at radius 1 is 1.33 bits per heavy atom. The number of carboxylic acid groups (broad SMARTS) is 1. The van der Waals surface area contributed by atoms with E-state index in [2.05, 4.69) is 15.5 Å². The second-order valence-electron chi connectivity index (χ2n) is 5.81. The number of carbonyl (C=O) groups is 1. The first kappa shape index (κ1) is 16.1. The van der Waals surface area contributed by atoms with Gasteiger partial charge >= 0.3 is 5.97 Å². The maximum atomic E-state index is 11.6. The molecule has 1 aromatic carbocycles. The second kappa shape index (κ2) is 6.80. The average Bonchev–Trinajstić information content (AvgIpc) is 2.89. The molecule has 0 amide bonds. The van der Waals surface area contributed by atoms with Gasteiger partial charge in [0, 0.05) is 23.7 Å². The van der Waals surface area contributed by atoms with Crippen LogP contribution in [0.1, 0.15) is 22.6 Å². The minimum atomic E-state index is -0.894. The van der Waals surface area contributed by atoms with Gasteiger partial charge in [0.05, 0.1) is 11.2 Å². The van der Waals surface area contributed by atoms with Gasteiger partial charge in [-0.3, -0.25) is 15.1 Å². The summed E-state index contributed by atoms with van der Waals surface area (Å²) in [6.45, 7) is 4.07. The van der Waals surface area contributed by atoms with E-state index in [4.69, 9.17) is 4.52 Å². The zero-order chi connectivity index (χ0) is 17.1. The molecule has 2 heterocycles. The number of aliphatic carboxylic acids is 1. The zero-order valence-electron chi connectivity index (χ0n) is 13.6. The first-order chi connectivity index (χ1) is 11.5. The second-order valence-corrected chi connectivity index (χ2v) is 5.81. The topological polar surface area (TPSA) is 88.3 Å². The smallest absolute Gasteiger partial charge is 0.321 e. The van der Waals surface area contributed by atoms with E-state index >= 15 is 0 Å². The van der Waals surface area contributed by atoms with Gasteiger partial charge in [-0.05, 0) is 38.0 Å². The van der Waals surface area contributed by atoms with Crippen LogP contribution in [-0.2, 0) is 17.8 Å². The first-order valence-corrected chi connectivity index (χ1v) is 7.76. The lowest BCUT2D eigenvalue weighted by Crippen LogP contribution is -2.38. The number of nitrogens with zero attached hydrogens (tertiary/aromatic N) is 2. The summed E-state index contributed by atoms with van der Waals surface area (Å²) in [5, 5.41) is 17.5. The molecule has 0 saturated heterocycles. The number of hydrogen-bond acceptors (Lipinski definition) is 5. The minimum absolute atomic E-state index is 0.358. The third-order valence-corrected chi connectivity index (χ3v) is 4.09. The molecule has 2 N–H and O–H groups in total. The summed E-state index contributed by atoms with van der Waals surface area (Å²) in [6, 6.07) is 9.05. The highest BCUT2D eigenvalue weighted by atomic mass is 16.5. The zero-order valence-corrected chi connectivity index (χ0v) is 13.6. The van der Waals surface area contributed by atoms with Crippen molar-refractivity contribution in [2.24, 2.45) is 0 Å². The largest absolute Gasteiger partial charge is 0.480 e. The lowest BCUT2D eigenvalue weighted by molar-refractivity contribution is -0.139. The summed E-state index contributed by atoms with van der Waals surface area (Å²) in [7, 11) is 0. The van der Waals surface area contributed by atoms with Crippen LogP contribution in [0.25, 0.3) is 10.9 Å². The fraction of sp³-hybridized carbons (Fsp3) is 0.278. The van der Waals surface area contributed by atoms with E-state index in [9.17, 15) is 9.90 Å². The quantitative estimate of drug-likeness (QED) is 0.724. The minimum Gasteiger partial charge on any atom is -0.480 e. The Morgan fingerprint density at radius 3 is 2.83 bits per heavy atom. The fourth-order valence-corrected chi connectivity index (χ4v) is 2.69. The number of benzene rings is 1. The summed E-state index contributed by atoms with van der Waals surface area (Å²) in [4.78, 5) is 16.0. The Labute approximate surface area is 139 Å². The highest BCUT2D eigenvalue weighted by Gasteiger charge is 2.19. The average molecular weight is 325 g/mol. The summed E-state index contributed by atoms with van der Waals surface area (Å²) in [5.74, 6) is -0.188. The van der Waals surface area contributed by atoms with Crippen molar-refractivity contribution in [3.63, 3.8) is 0 Å². The highest BCUT2D eigenvalue weighted by molar-refractivity contribution is 5.79. The summed E-state index contributed by atoms with van der Waals surface area (Å²) in [5.41, 5.74) is 3.46.